The maximum Gasteiger partial charge on any atom is 0.253 e. The highest BCUT2D eigenvalue weighted by Crippen LogP contribution is 2.11. The molecule has 0 saturated carbocycles. The fraction of sp³-hybridized carbons (Fsp3) is 0.588. The van der Waals surface area contributed by atoms with E-state index < -0.39 is 0 Å². The quantitative estimate of drug-likeness (QED) is 0.901. The molecule has 2 rings (SSSR count). The Kier molecular flexibility index (Phi) is 5.76. The van der Waals surface area contributed by atoms with E-state index in [1.807, 2.05) is 29.2 Å². The maximum absolute atomic E-state index is 12.4. The number of nitrogens with two attached hydrogens (primary N) is 1. The molecule has 0 spiro atoms. The largest absolute Gasteiger partial charge is 0.336 e. The van der Waals surface area contributed by atoms with Gasteiger partial charge in [0.05, 0.1) is 0 Å². The summed E-state index contributed by atoms with van der Waals surface area (Å²) in [4.78, 5) is 16.9. The highest BCUT2D eigenvalue weighted by Gasteiger charge is 2.21. The first-order chi connectivity index (χ1) is 10.1. The van der Waals surface area contributed by atoms with Crippen LogP contribution in [0.2, 0.25) is 0 Å². The van der Waals surface area contributed by atoms with Gasteiger partial charge in [-0.1, -0.05) is 26.0 Å². The lowest BCUT2D eigenvalue weighted by molar-refractivity contribution is 0.0632. The molecule has 2 N–H and O–H groups in total. The van der Waals surface area contributed by atoms with E-state index in [1.54, 1.807) is 0 Å². The summed E-state index contributed by atoms with van der Waals surface area (Å²) in [5, 5.41) is 0. The topological polar surface area (TPSA) is 49.6 Å². The average Bonchev–Trinajstić information content (AvgIpc) is 2.53. The molecule has 0 aromatic heterocycles. The van der Waals surface area contributed by atoms with E-state index in [1.165, 1.54) is 6.42 Å². The summed E-state index contributed by atoms with van der Waals surface area (Å²) in [5.41, 5.74) is 7.41. The van der Waals surface area contributed by atoms with E-state index in [2.05, 4.69) is 18.7 Å². The van der Waals surface area contributed by atoms with Crippen LogP contribution in [0.1, 0.15) is 36.2 Å². The molecule has 0 unspecified atom stereocenters. The van der Waals surface area contributed by atoms with Crippen molar-refractivity contribution in [2.24, 2.45) is 11.7 Å². The Hall–Kier alpha value is -1.39. The van der Waals surface area contributed by atoms with Crippen LogP contribution in [0.25, 0.3) is 0 Å². The number of rotatable bonds is 5. The summed E-state index contributed by atoms with van der Waals surface area (Å²) in [6.45, 7) is 9.80. The Morgan fingerprint density at radius 1 is 1.14 bits per heavy atom. The highest BCUT2D eigenvalue weighted by atomic mass is 16.2. The Bertz CT molecular complexity index is 448. The third-order valence-corrected chi connectivity index (χ3v) is 4.12. The summed E-state index contributed by atoms with van der Waals surface area (Å²) in [6.07, 6.45) is 1.23. The lowest BCUT2D eigenvalue weighted by atomic mass is 10.1. The molecule has 1 aromatic rings. The number of nitrogens with zero attached hydrogens (tertiary/aromatic N) is 2. The molecule has 1 amide bonds. The van der Waals surface area contributed by atoms with Crippen molar-refractivity contribution in [1.29, 1.82) is 0 Å². The molecule has 0 radical (unpaired) electrons. The van der Waals surface area contributed by atoms with Crippen molar-refractivity contribution in [3.63, 3.8) is 0 Å². The zero-order chi connectivity index (χ0) is 15.2. The number of carbonyl (C=O) groups is 1. The first kappa shape index (κ1) is 16.0. The van der Waals surface area contributed by atoms with E-state index in [9.17, 15) is 4.79 Å². The number of hydrogen-bond donors (Lipinski definition) is 1. The summed E-state index contributed by atoms with van der Waals surface area (Å²) in [5.74, 6) is 0.882. The van der Waals surface area contributed by atoms with E-state index in [4.69, 9.17) is 5.73 Å². The van der Waals surface area contributed by atoms with Crippen molar-refractivity contribution in [2.45, 2.75) is 26.8 Å². The van der Waals surface area contributed by atoms with Gasteiger partial charge in [0.25, 0.3) is 5.91 Å². The van der Waals surface area contributed by atoms with Crippen molar-refractivity contribution < 1.29 is 4.79 Å². The van der Waals surface area contributed by atoms with Crippen LogP contribution >= 0.6 is 0 Å². The van der Waals surface area contributed by atoms with Gasteiger partial charge in [-0.05, 0) is 36.6 Å². The van der Waals surface area contributed by atoms with Crippen molar-refractivity contribution >= 4 is 5.91 Å². The van der Waals surface area contributed by atoms with Gasteiger partial charge in [0.1, 0.15) is 0 Å². The molecule has 116 valence electrons. The Labute approximate surface area is 127 Å². The van der Waals surface area contributed by atoms with Gasteiger partial charge in [0, 0.05) is 38.3 Å². The van der Waals surface area contributed by atoms with E-state index in [0.29, 0.717) is 6.54 Å². The Morgan fingerprint density at radius 3 is 2.29 bits per heavy atom. The van der Waals surface area contributed by atoms with Gasteiger partial charge in [0.2, 0.25) is 0 Å². The van der Waals surface area contributed by atoms with Crippen LogP contribution in [-0.4, -0.2) is 48.4 Å². The van der Waals surface area contributed by atoms with Gasteiger partial charge in [-0.25, -0.2) is 0 Å². The molecule has 1 saturated heterocycles. The molecule has 0 atom stereocenters. The van der Waals surface area contributed by atoms with E-state index >= 15 is 0 Å². The number of hydrogen-bond acceptors (Lipinski definition) is 3. The number of piperazine rings is 1. The number of carbonyl (C=O) groups excluding carboxylic acids is 1. The summed E-state index contributed by atoms with van der Waals surface area (Å²) in [7, 11) is 0. The van der Waals surface area contributed by atoms with Gasteiger partial charge >= 0.3 is 0 Å². The molecule has 1 aromatic carbocycles. The number of amides is 1. The SMILES string of the molecule is CC(C)CCN1CCN(C(=O)c2ccc(CN)cc2)CC1. The minimum Gasteiger partial charge on any atom is -0.336 e. The molecular formula is C17H27N3O. The lowest BCUT2D eigenvalue weighted by Crippen LogP contribution is -2.49. The van der Waals surface area contributed by atoms with E-state index in [0.717, 1.165) is 49.8 Å². The van der Waals surface area contributed by atoms with Gasteiger partial charge < -0.3 is 10.6 Å². The minimum absolute atomic E-state index is 0.141. The Balaban J connectivity index is 1.84. The second-order valence-electron chi connectivity index (χ2n) is 6.22. The molecule has 1 fully saturated rings. The second-order valence-corrected chi connectivity index (χ2v) is 6.22. The first-order valence-electron chi connectivity index (χ1n) is 7.90. The average molecular weight is 289 g/mol. The number of benzene rings is 1. The third kappa shape index (κ3) is 4.55. The molecule has 1 aliphatic rings. The van der Waals surface area contributed by atoms with Gasteiger partial charge in [0.15, 0.2) is 0 Å². The van der Waals surface area contributed by atoms with Crippen LogP contribution in [0.5, 0.6) is 0 Å². The Morgan fingerprint density at radius 2 is 1.76 bits per heavy atom. The third-order valence-electron chi connectivity index (χ3n) is 4.12. The lowest BCUT2D eigenvalue weighted by Gasteiger charge is -2.35. The van der Waals surface area contributed by atoms with Crippen molar-refractivity contribution in [3.8, 4) is 0 Å². The predicted octanol–water partition coefficient (Wildman–Crippen LogP) is 1.95. The van der Waals surface area contributed by atoms with E-state index in [-0.39, 0.29) is 5.91 Å². The maximum atomic E-state index is 12.4. The molecule has 0 bridgehead atoms. The van der Waals surface area contributed by atoms with Crippen LogP contribution in [0, 0.1) is 5.92 Å². The van der Waals surface area contributed by atoms with Crippen molar-refractivity contribution in [1.82, 2.24) is 9.80 Å². The standard InChI is InChI=1S/C17H27N3O/c1-14(2)7-8-19-9-11-20(12-10-19)17(21)16-5-3-15(13-18)4-6-16/h3-6,14H,7-13,18H2,1-2H3. The fourth-order valence-electron chi connectivity index (χ4n) is 2.58. The van der Waals surface area contributed by atoms with Crippen LogP contribution in [0.4, 0.5) is 0 Å². The molecule has 4 heteroatoms. The van der Waals surface area contributed by atoms with Crippen molar-refractivity contribution in [3.05, 3.63) is 35.4 Å². The zero-order valence-electron chi connectivity index (χ0n) is 13.2. The van der Waals surface area contributed by atoms with Crippen LogP contribution in [0.3, 0.4) is 0 Å². The molecule has 1 heterocycles. The zero-order valence-corrected chi connectivity index (χ0v) is 13.2. The summed E-state index contributed by atoms with van der Waals surface area (Å²) in [6, 6.07) is 7.64. The molecular weight excluding hydrogens is 262 g/mol. The normalized spacial score (nSPS) is 16.5. The molecule has 21 heavy (non-hydrogen) atoms. The van der Waals surface area contributed by atoms with Crippen molar-refractivity contribution in [2.75, 3.05) is 32.7 Å². The predicted molar refractivity (Wildman–Crippen MR) is 86.1 cm³/mol. The second kappa shape index (κ2) is 7.57. The monoisotopic (exact) mass is 289 g/mol. The van der Waals surface area contributed by atoms with Crippen LogP contribution in [-0.2, 0) is 6.54 Å². The molecule has 1 aliphatic heterocycles. The highest BCUT2D eigenvalue weighted by molar-refractivity contribution is 5.94. The van der Waals surface area contributed by atoms with Crippen LogP contribution < -0.4 is 5.73 Å². The van der Waals surface area contributed by atoms with Crippen LogP contribution in [0.15, 0.2) is 24.3 Å². The summed E-state index contributed by atoms with van der Waals surface area (Å²) < 4.78 is 0. The van der Waals surface area contributed by atoms with Gasteiger partial charge in [-0.2, -0.15) is 0 Å². The smallest absolute Gasteiger partial charge is 0.253 e. The van der Waals surface area contributed by atoms with Gasteiger partial charge in [-0.3, -0.25) is 9.69 Å². The first-order valence-corrected chi connectivity index (χ1v) is 7.90. The van der Waals surface area contributed by atoms with Gasteiger partial charge in [-0.15, -0.1) is 0 Å². The molecule has 4 nitrogen and oxygen atoms in total. The summed E-state index contributed by atoms with van der Waals surface area (Å²) >= 11 is 0. The fourth-order valence-corrected chi connectivity index (χ4v) is 2.58. The molecule has 0 aliphatic carbocycles. The minimum atomic E-state index is 0.141.